The monoisotopic (exact) mass is 341 g/mol. The molecule has 0 saturated carbocycles. The third-order valence-corrected chi connectivity index (χ3v) is 3.80. The van der Waals surface area contributed by atoms with Crippen molar-refractivity contribution in [3.05, 3.63) is 53.1 Å². The molecular formula is C20H23NO4. The number of hydrogen-bond donors (Lipinski definition) is 1. The first kappa shape index (κ1) is 18.4. The first-order valence-corrected chi connectivity index (χ1v) is 7.85. The van der Waals surface area contributed by atoms with Crippen LogP contribution in [0.2, 0.25) is 0 Å². The highest BCUT2D eigenvalue weighted by atomic mass is 16.5. The Hall–Kier alpha value is -2.95. The molecule has 0 saturated heterocycles. The molecule has 5 heteroatoms. The summed E-state index contributed by atoms with van der Waals surface area (Å²) in [6.45, 7) is 3.94. The van der Waals surface area contributed by atoms with Crippen LogP contribution in [0.1, 0.15) is 16.7 Å². The van der Waals surface area contributed by atoms with Gasteiger partial charge >= 0.3 is 0 Å². The highest BCUT2D eigenvalue weighted by molar-refractivity contribution is 6.02. The summed E-state index contributed by atoms with van der Waals surface area (Å²) in [4.78, 5) is 12.2. The molecule has 1 amide bonds. The van der Waals surface area contributed by atoms with Gasteiger partial charge in [0.15, 0.2) is 11.5 Å². The van der Waals surface area contributed by atoms with Gasteiger partial charge in [-0.05, 0) is 49.2 Å². The molecule has 0 aliphatic rings. The topological polar surface area (TPSA) is 56.8 Å². The Bertz CT molecular complexity index is 797. The van der Waals surface area contributed by atoms with Crippen molar-refractivity contribution in [2.45, 2.75) is 13.8 Å². The summed E-state index contributed by atoms with van der Waals surface area (Å²) < 4.78 is 16.0. The van der Waals surface area contributed by atoms with Gasteiger partial charge < -0.3 is 19.5 Å². The zero-order chi connectivity index (χ0) is 18.4. The van der Waals surface area contributed by atoms with Gasteiger partial charge in [-0.1, -0.05) is 12.1 Å². The lowest BCUT2D eigenvalue weighted by Gasteiger charge is -2.14. The van der Waals surface area contributed by atoms with E-state index < -0.39 is 0 Å². The molecule has 1 N–H and O–H groups in total. The van der Waals surface area contributed by atoms with Gasteiger partial charge in [0.25, 0.3) is 0 Å². The maximum absolute atomic E-state index is 12.2. The molecule has 0 heterocycles. The number of ether oxygens (including phenoxy) is 3. The molecule has 0 aliphatic carbocycles. The molecule has 0 bridgehead atoms. The number of methoxy groups -OCH3 is 3. The van der Waals surface area contributed by atoms with Gasteiger partial charge in [0.05, 0.1) is 21.3 Å². The van der Waals surface area contributed by atoms with E-state index in [9.17, 15) is 4.79 Å². The number of carbonyl (C=O) groups excluding carboxylic acids is 1. The molecule has 0 fully saturated rings. The molecule has 2 rings (SSSR count). The van der Waals surface area contributed by atoms with E-state index in [2.05, 4.69) is 5.32 Å². The second-order valence-electron chi connectivity index (χ2n) is 5.56. The molecule has 0 aromatic heterocycles. The number of carbonyl (C=O) groups is 1. The van der Waals surface area contributed by atoms with Crippen molar-refractivity contribution in [2.75, 3.05) is 26.6 Å². The van der Waals surface area contributed by atoms with E-state index in [4.69, 9.17) is 14.2 Å². The number of hydrogen-bond acceptors (Lipinski definition) is 4. The van der Waals surface area contributed by atoms with E-state index >= 15 is 0 Å². The number of nitrogens with one attached hydrogen (secondary N) is 1. The molecule has 0 unspecified atom stereocenters. The average Bonchev–Trinajstić information content (AvgIpc) is 2.61. The molecule has 0 spiro atoms. The predicted molar refractivity (Wildman–Crippen MR) is 99.7 cm³/mol. The van der Waals surface area contributed by atoms with Crippen LogP contribution in [0.3, 0.4) is 0 Å². The SMILES string of the molecule is COc1ccc(C=CC(=O)Nc2cc(C)ccc2C)c(OC)c1OC. The highest BCUT2D eigenvalue weighted by Gasteiger charge is 2.14. The van der Waals surface area contributed by atoms with Crippen LogP contribution in [0, 0.1) is 13.8 Å². The van der Waals surface area contributed by atoms with Gasteiger partial charge in [0, 0.05) is 17.3 Å². The van der Waals surface area contributed by atoms with E-state index in [1.54, 1.807) is 33.5 Å². The maximum atomic E-state index is 12.2. The number of rotatable bonds is 6. The van der Waals surface area contributed by atoms with Crippen molar-refractivity contribution in [2.24, 2.45) is 0 Å². The maximum Gasteiger partial charge on any atom is 0.248 e. The van der Waals surface area contributed by atoms with Crippen LogP contribution in [-0.2, 0) is 4.79 Å². The predicted octanol–water partition coefficient (Wildman–Crippen LogP) is 3.98. The standard InChI is InChI=1S/C20H23NO4/c1-13-6-7-14(2)16(12-13)21-18(22)11-9-15-8-10-17(23-3)20(25-5)19(15)24-4/h6-12H,1-5H3,(H,21,22). The smallest absolute Gasteiger partial charge is 0.248 e. The molecule has 0 aliphatic heterocycles. The molecule has 5 nitrogen and oxygen atoms in total. The second kappa shape index (κ2) is 8.24. The van der Waals surface area contributed by atoms with Crippen LogP contribution < -0.4 is 19.5 Å². The Morgan fingerprint density at radius 2 is 1.68 bits per heavy atom. The van der Waals surface area contributed by atoms with Crippen LogP contribution in [0.15, 0.2) is 36.4 Å². The molecule has 2 aromatic carbocycles. The number of amides is 1. The van der Waals surface area contributed by atoms with Crippen LogP contribution >= 0.6 is 0 Å². The van der Waals surface area contributed by atoms with Crippen molar-refractivity contribution < 1.29 is 19.0 Å². The summed E-state index contributed by atoms with van der Waals surface area (Å²) >= 11 is 0. The zero-order valence-electron chi connectivity index (χ0n) is 15.2. The van der Waals surface area contributed by atoms with Crippen molar-refractivity contribution >= 4 is 17.7 Å². The first-order valence-electron chi connectivity index (χ1n) is 7.85. The Kier molecular flexibility index (Phi) is 6.06. The fourth-order valence-electron chi connectivity index (χ4n) is 2.47. The Balaban J connectivity index is 2.23. The third kappa shape index (κ3) is 4.32. The zero-order valence-corrected chi connectivity index (χ0v) is 15.2. The van der Waals surface area contributed by atoms with E-state index in [1.165, 1.54) is 6.08 Å². The fraction of sp³-hybridized carbons (Fsp3) is 0.250. The summed E-state index contributed by atoms with van der Waals surface area (Å²) in [5.41, 5.74) is 3.62. The van der Waals surface area contributed by atoms with E-state index in [0.717, 1.165) is 22.4 Å². The van der Waals surface area contributed by atoms with Crippen molar-refractivity contribution in [3.63, 3.8) is 0 Å². The Labute approximate surface area is 148 Å². The molecule has 132 valence electrons. The largest absolute Gasteiger partial charge is 0.493 e. The van der Waals surface area contributed by atoms with Gasteiger partial charge in [-0.25, -0.2) is 0 Å². The second-order valence-corrected chi connectivity index (χ2v) is 5.56. The third-order valence-electron chi connectivity index (χ3n) is 3.80. The normalized spacial score (nSPS) is 10.6. The van der Waals surface area contributed by atoms with Gasteiger partial charge in [-0.15, -0.1) is 0 Å². The fourth-order valence-corrected chi connectivity index (χ4v) is 2.47. The van der Waals surface area contributed by atoms with Crippen LogP contribution in [-0.4, -0.2) is 27.2 Å². The van der Waals surface area contributed by atoms with Gasteiger partial charge in [0.1, 0.15) is 0 Å². The number of aryl methyl sites for hydroxylation is 2. The van der Waals surface area contributed by atoms with Gasteiger partial charge in [-0.3, -0.25) is 4.79 Å². The van der Waals surface area contributed by atoms with Crippen LogP contribution in [0.25, 0.3) is 6.08 Å². The quantitative estimate of drug-likeness (QED) is 0.808. The lowest BCUT2D eigenvalue weighted by Crippen LogP contribution is -2.09. The van der Waals surface area contributed by atoms with Gasteiger partial charge in [-0.2, -0.15) is 0 Å². The minimum atomic E-state index is -0.217. The molecule has 2 aromatic rings. The number of benzene rings is 2. The Morgan fingerprint density at radius 3 is 2.32 bits per heavy atom. The highest BCUT2D eigenvalue weighted by Crippen LogP contribution is 2.40. The summed E-state index contributed by atoms with van der Waals surface area (Å²) in [6, 6.07) is 9.50. The van der Waals surface area contributed by atoms with Crippen LogP contribution in [0.4, 0.5) is 5.69 Å². The Morgan fingerprint density at radius 1 is 0.960 bits per heavy atom. The lowest BCUT2D eigenvalue weighted by molar-refractivity contribution is -0.111. The molecule has 0 atom stereocenters. The minimum absolute atomic E-state index is 0.217. The van der Waals surface area contributed by atoms with Crippen molar-refractivity contribution in [1.29, 1.82) is 0 Å². The van der Waals surface area contributed by atoms with Crippen molar-refractivity contribution in [3.8, 4) is 17.2 Å². The minimum Gasteiger partial charge on any atom is -0.493 e. The summed E-state index contributed by atoms with van der Waals surface area (Å²) in [5, 5.41) is 2.89. The lowest BCUT2D eigenvalue weighted by atomic mass is 10.1. The van der Waals surface area contributed by atoms with E-state index in [-0.39, 0.29) is 5.91 Å². The van der Waals surface area contributed by atoms with E-state index in [0.29, 0.717) is 17.2 Å². The summed E-state index contributed by atoms with van der Waals surface area (Å²) in [7, 11) is 4.65. The van der Waals surface area contributed by atoms with Crippen LogP contribution in [0.5, 0.6) is 17.2 Å². The van der Waals surface area contributed by atoms with E-state index in [1.807, 2.05) is 38.1 Å². The molecular weight excluding hydrogens is 318 g/mol. The number of anilines is 1. The first-order chi connectivity index (χ1) is 12.0. The molecule has 0 radical (unpaired) electrons. The average molecular weight is 341 g/mol. The summed E-state index contributed by atoms with van der Waals surface area (Å²) in [6.07, 6.45) is 3.15. The summed E-state index contributed by atoms with van der Waals surface area (Å²) in [5.74, 6) is 1.35. The molecule has 25 heavy (non-hydrogen) atoms. The van der Waals surface area contributed by atoms with Crippen molar-refractivity contribution in [1.82, 2.24) is 0 Å². The van der Waals surface area contributed by atoms with Gasteiger partial charge in [0.2, 0.25) is 11.7 Å².